The van der Waals surface area contributed by atoms with Gasteiger partial charge in [-0.25, -0.2) is 0 Å². The zero-order valence-corrected chi connectivity index (χ0v) is 15.2. The molecule has 5 heteroatoms. The molecule has 2 aromatic rings. The maximum atomic E-state index is 12.5. The average molecular weight is 339 g/mol. The summed E-state index contributed by atoms with van der Waals surface area (Å²) in [6, 6.07) is 14.2. The first-order chi connectivity index (χ1) is 11.8. The number of phenols is 1. The number of hydrogen-bond acceptors (Lipinski definition) is 5. The smallest absolute Gasteiger partial charge is 0.155 e. The Balaban J connectivity index is 2.20. The first kappa shape index (κ1) is 18.8. The fourth-order valence-electron chi connectivity index (χ4n) is 2.47. The van der Waals surface area contributed by atoms with E-state index in [2.05, 4.69) is 15.5 Å². The molecule has 1 unspecified atom stereocenters. The number of rotatable bonds is 6. The number of likely N-dealkylation sites (N-methyl/N-ethyl adjacent to an activating group) is 1. The van der Waals surface area contributed by atoms with Crippen molar-refractivity contribution in [2.75, 3.05) is 7.05 Å². The van der Waals surface area contributed by atoms with E-state index in [1.165, 1.54) is 0 Å². The standard InChI is InChI=1S/C20H25N3O2/c1-20(2,3)19(25)17(21-4)13-14-10-11-18(24)16(12-14)23-22-15-8-6-5-7-9-15/h5-12,17,21,24H,13H2,1-4H3. The molecule has 5 nitrogen and oxygen atoms in total. The van der Waals surface area contributed by atoms with Crippen LogP contribution < -0.4 is 5.32 Å². The van der Waals surface area contributed by atoms with Gasteiger partial charge in [-0.15, -0.1) is 5.11 Å². The lowest BCUT2D eigenvalue weighted by atomic mass is 9.84. The minimum atomic E-state index is -0.416. The summed E-state index contributed by atoms with van der Waals surface area (Å²) < 4.78 is 0. The van der Waals surface area contributed by atoms with Crippen LogP contribution in [0.1, 0.15) is 26.3 Å². The molecule has 0 heterocycles. The molecular weight excluding hydrogens is 314 g/mol. The third kappa shape index (κ3) is 5.22. The number of carbonyl (C=O) groups excluding carboxylic acids is 1. The van der Waals surface area contributed by atoms with E-state index in [1.54, 1.807) is 25.2 Å². The zero-order valence-electron chi connectivity index (χ0n) is 15.2. The normalized spacial score (nSPS) is 13.1. The Labute approximate surface area is 148 Å². The molecular formula is C20H25N3O2. The van der Waals surface area contributed by atoms with Gasteiger partial charge in [-0.1, -0.05) is 45.0 Å². The average Bonchev–Trinajstić information content (AvgIpc) is 2.59. The number of carbonyl (C=O) groups is 1. The minimum Gasteiger partial charge on any atom is -0.506 e. The van der Waals surface area contributed by atoms with Crippen LogP contribution in [0.2, 0.25) is 0 Å². The second kappa shape index (κ2) is 8.03. The van der Waals surface area contributed by atoms with E-state index in [9.17, 15) is 9.90 Å². The number of nitrogens with one attached hydrogen (secondary N) is 1. The highest BCUT2D eigenvalue weighted by Crippen LogP contribution is 2.30. The van der Waals surface area contributed by atoms with Crippen molar-refractivity contribution < 1.29 is 9.90 Å². The van der Waals surface area contributed by atoms with Gasteiger partial charge < -0.3 is 10.4 Å². The molecule has 0 bridgehead atoms. The number of ketones is 1. The predicted molar refractivity (Wildman–Crippen MR) is 99.7 cm³/mol. The monoisotopic (exact) mass is 339 g/mol. The summed E-state index contributed by atoms with van der Waals surface area (Å²) in [6.07, 6.45) is 0.529. The maximum Gasteiger partial charge on any atom is 0.155 e. The predicted octanol–water partition coefficient (Wildman–Crippen LogP) is 4.55. The molecule has 2 N–H and O–H groups in total. The number of azo groups is 1. The SMILES string of the molecule is CNC(Cc1ccc(O)c(N=Nc2ccccc2)c1)C(=O)C(C)(C)C. The summed E-state index contributed by atoms with van der Waals surface area (Å²) in [5, 5.41) is 21.4. The Morgan fingerprint density at radius 2 is 1.80 bits per heavy atom. The molecule has 0 aliphatic rings. The fraction of sp³-hybridized carbons (Fsp3) is 0.350. The van der Waals surface area contributed by atoms with Crippen molar-refractivity contribution in [3.63, 3.8) is 0 Å². The lowest BCUT2D eigenvalue weighted by molar-refractivity contribution is -0.128. The van der Waals surface area contributed by atoms with Gasteiger partial charge in [-0.2, -0.15) is 5.11 Å². The van der Waals surface area contributed by atoms with Crippen molar-refractivity contribution in [3.8, 4) is 5.75 Å². The van der Waals surface area contributed by atoms with Crippen LogP contribution in [0.25, 0.3) is 0 Å². The number of aromatic hydroxyl groups is 1. The number of Topliss-reactive ketones (excluding diaryl/α,β-unsaturated/α-hetero) is 1. The molecule has 0 aromatic heterocycles. The summed E-state index contributed by atoms with van der Waals surface area (Å²) in [5.74, 6) is 0.210. The van der Waals surface area contributed by atoms with Gasteiger partial charge in [0.2, 0.25) is 0 Å². The third-order valence-electron chi connectivity index (χ3n) is 3.91. The van der Waals surface area contributed by atoms with Gasteiger partial charge >= 0.3 is 0 Å². The number of hydrogen-bond donors (Lipinski definition) is 2. The molecule has 0 aliphatic carbocycles. The van der Waals surface area contributed by atoms with Crippen molar-refractivity contribution in [2.24, 2.45) is 15.6 Å². The van der Waals surface area contributed by atoms with Crippen LogP contribution in [0.5, 0.6) is 5.75 Å². The summed E-state index contributed by atoms with van der Waals surface area (Å²) in [4.78, 5) is 12.5. The number of phenolic OH excluding ortho intramolecular Hbond substituents is 1. The lowest BCUT2D eigenvalue weighted by Crippen LogP contribution is -2.42. The fourth-order valence-corrected chi connectivity index (χ4v) is 2.47. The Hall–Kier alpha value is -2.53. The molecule has 25 heavy (non-hydrogen) atoms. The molecule has 132 valence electrons. The van der Waals surface area contributed by atoms with Gasteiger partial charge in [0.1, 0.15) is 11.4 Å². The highest BCUT2D eigenvalue weighted by atomic mass is 16.3. The minimum absolute atomic E-state index is 0.0617. The van der Waals surface area contributed by atoms with Crippen LogP contribution in [0.3, 0.4) is 0 Å². The topological polar surface area (TPSA) is 74.0 Å². The summed E-state index contributed by atoms with van der Waals surface area (Å²) in [7, 11) is 1.78. The van der Waals surface area contributed by atoms with Crippen molar-refractivity contribution in [1.29, 1.82) is 0 Å². The highest BCUT2D eigenvalue weighted by molar-refractivity contribution is 5.89. The summed E-state index contributed by atoms with van der Waals surface area (Å²) in [6.45, 7) is 5.74. The van der Waals surface area contributed by atoms with E-state index in [1.807, 2.05) is 51.1 Å². The number of benzene rings is 2. The molecule has 0 spiro atoms. The molecule has 0 fully saturated rings. The lowest BCUT2D eigenvalue weighted by Gasteiger charge is -2.24. The van der Waals surface area contributed by atoms with Gasteiger partial charge in [0.05, 0.1) is 11.7 Å². The Morgan fingerprint density at radius 3 is 2.40 bits per heavy atom. The van der Waals surface area contributed by atoms with Crippen molar-refractivity contribution in [3.05, 3.63) is 54.1 Å². The van der Waals surface area contributed by atoms with Crippen LogP contribution in [0.4, 0.5) is 11.4 Å². The third-order valence-corrected chi connectivity index (χ3v) is 3.91. The second-order valence-corrected chi connectivity index (χ2v) is 7.02. The number of nitrogens with zero attached hydrogens (tertiary/aromatic N) is 2. The van der Waals surface area contributed by atoms with E-state index in [4.69, 9.17) is 0 Å². The van der Waals surface area contributed by atoms with E-state index in [-0.39, 0.29) is 17.6 Å². The van der Waals surface area contributed by atoms with Crippen LogP contribution in [0, 0.1) is 5.41 Å². The van der Waals surface area contributed by atoms with Crippen molar-refractivity contribution in [2.45, 2.75) is 33.2 Å². The summed E-state index contributed by atoms with van der Waals surface area (Å²) in [5.41, 5.74) is 1.60. The van der Waals surface area contributed by atoms with E-state index < -0.39 is 5.41 Å². The Kier molecular flexibility index (Phi) is 6.04. The highest BCUT2D eigenvalue weighted by Gasteiger charge is 2.28. The van der Waals surface area contributed by atoms with Crippen molar-refractivity contribution >= 4 is 17.2 Å². The molecule has 1 atom stereocenters. The first-order valence-electron chi connectivity index (χ1n) is 8.31. The molecule has 2 rings (SSSR count). The van der Waals surface area contributed by atoms with E-state index in [0.29, 0.717) is 17.8 Å². The van der Waals surface area contributed by atoms with E-state index in [0.717, 1.165) is 5.56 Å². The van der Waals surface area contributed by atoms with Gasteiger partial charge in [0, 0.05) is 5.41 Å². The van der Waals surface area contributed by atoms with Crippen LogP contribution in [-0.4, -0.2) is 24.0 Å². The Morgan fingerprint density at radius 1 is 1.12 bits per heavy atom. The van der Waals surface area contributed by atoms with Crippen LogP contribution in [0.15, 0.2) is 58.8 Å². The van der Waals surface area contributed by atoms with Crippen molar-refractivity contribution in [1.82, 2.24) is 5.32 Å². The van der Waals surface area contributed by atoms with E-state index >= 15 is 0 Å². The molecule has 0 saturated carbocycles. The van der Waals surface area contributed by atoms with Crippen LogP contribution >= 0.6 is 0 Å². The first-order valence-corrected chi connectivity index (χ1v) is 8.31. The molecule has 0 saturated heterocycles. The summed E-state index contributed by atoms with van der Waals surface area (Å²) >= 11 is 0. The zero-order chi connectivity index (χ0) is 18.4. The largest absolute Gasteiger partial charge is 0.506 e. The molecule has 0 amide bonds. The van der Waals surface area contributed by atoms with Gasteiger partial charge in [-0.05, 0) is 43.3 Å². The molecule has 0 aliphatic heterocycles. The molecule has 2 aromatic carbocycles. The van der Waals surface area contributed by atoms with Gasteiger partial charge in [-0.3, -0.25) is 4.79 Å². The second-order valence-electron chi connectivity index (χ2n) is 7.02. The Bertz CT molecular complexity index is 749. The quantitative estimate of drug-likeness (QED) is 0.758. The van der Waals surface area contributed by atoms with Gasteiger partial charge in [0.15, 0.2) is 5.78 Å². The molecule has 0 radical (unpaired) electrons. The van der Waals surface area contributed by atoms with Crippen LogP contribution in [-0.2, 0) is 11.2 Å². The maximum absolute atomic E-state index is 12.5. The van der Waals surface area contributed by atoms with Gasteiger partial charge in [0.25, 0.3) is 0 Å².